The number of nitrogens with one attached hydrogen (secondary N) is 1. The van der Waals surface area contributed by atoms with Crippen molar-refractivity contribution in [2.45, 2.75) is 22.9 Å². The third-order valence-corrected chi connectivity index (χ3v) is 3.84. The van der Waals surface area contributed by atoms with Gasteiger partial charge in [0.1, 0.15) is 5.25 Å². The summed E-state index contributed by atoms with van der Waals surface area (Å²) >= 11 is 7.35. The van der Waals surface area contributed by atoms with E-state index in [9.17, 15) is 4.79 Å². The lowest BCUT2D eigenvalue weighted by atomic mass is 10.3. The molecule has 0 aliphatic rings. The van der Waals surface area contributed by atoms with E-state index < -0.39 is 11.2 Å². The van der Waals surface area contributed by atoms with Gasteiger partial charge in [-0.25, -0.2) is 0 Å². The number of H-pyrrole nitrogens is 1. The summed E-state index contributed by atoms with van der Waals surface area (Å²) in [6.45, 7) is 1.83. The Morgan fingerprint density at radius 1 is 1.92 bits per heavy atom. The van der Waals surface area contributed by atoms with Crippen LogP contribution >= 0.6 is 35.3 Å². The number of thioether (sulfide) groups is 1. The summed E-state index contributed by atoms with van der Waals surface area (Å²) in [5.74, 6) is -0.811. The van der Waals surface area contributed by atoms with Gasteiger partial charge in [-0.2, -0.15) is 5.10 Å². The zero-order valence-corrected chi connectivity index (χ0v) is 9.26. The van der Waals surface area contributed by atoms with Crippen molar-refractivity contribution in [2.24, 2.45) is 0 Å². The molecule has 0 saturated heterocycles. The Labute approximate surface area is 88.4 Å². The number of nitrogens with zero attached hydrogens (tertiary/aromatic N) is 1. The zero-order chi connectivity index (χ0) is 9.84. The van der Waals surface area contributed by atoms with Crippen LogP contribution in [0.2, 0.25) is 0 Å². The van der Waals surface area contributed by atoms with Crippen LogP contribution in [0.4, 0.5) is 0 Å². The first-order valence-corrected chi connectivity index (χ1v) is 5.69. The molecule has 0 amide bonds. The molecule has 0 saturated carbocycles. The summed E-state index contributed by atoms with van der Waals surface area (Å²) in [7, 11) is 0. The molecule has 0 aliphatic carbocycles. The highest BCUT2D eigenvalue weighted by Gasteiger charge is 2.17. The van der Waals surface area contributed by atoms with Crippen molar-refractivity contribution in [2.75, 3.05) is 0 Å². The Morgan fingerprint density at radius 2 is 2.62 bits per heavy atom. The lowest BCUT2D eigenvalue weighted by Crippen LogP contribution is -2.14. The normalized spacial score (nSPS) is 12.7. The minimum atomic E-state index is -0.811. The van der Waals surface area contributed by atoms with Crippen LogP contribution in [0.25, 0.3) is 0 Å². The zero-order valence-electron chi connectivity index (χ0n) is 6.81. The Morgan fingerprint density at radius 3 is 3.00 bits per heavy atom. The molecule has 1 atom stereocenters. The molecule has 0 aromatic carbocycles. The maximum absolute atomic E-state index is 10.7. The molecule has 4 nitrogen and oxygen atoms in total. The molecule has 0 fully saturated rings. The van der Waals surface area contributed by atoms with Crippen molar-refractivity contribution in [1.29, 1.82) is 0 Å². The molecule has 1 aromatic heterocycles. The molecule has 7 heteroatoms. The van der Waals surface area contributed by atoms with Crippen LogP contribution in [0.1, 0.15) is 13.3 Å². The van der Waals surface area contributed by atoms with E-state index in [4.69, 9.17) is 17.3 Å². The topological polar surface area (TPSA) is 66.0 Å². The summed E-state index contributed by atoms with van der Waals surface area (Å²) in [6, 6.07) is 0. The number of hydrogen-bond acceptors (Lipinski definition) is 5. The van der Waals surface area contributed by atoms with E-state index in [1.165, 1.54) is 23.1 Å². The molecule has 72 valence electrons. The van der Waals surface area contributed by atoms with Crippen LogP contribution in [0.3, 0.4) is 0 Å². The predicted molar refractivity (Wildman–Crippen MR) is 54.9 cm³/mol. The van der Waals surface area contributed by atoms with E-state index in [0.29, 0.717) is 14.7 Å². The highest BCUT2D eigenvalue weighted by molar-refractivity contribution is 8.02. The van der Waals surface area contributed by atoms with E-state index >= 15 is 0 Å². The predicted octanol–water partition coefficient (Wildman–Crippen LogP) is 2.16. The van der Waals surface area contributed by atoms with Crippen molar-refractivity contribution in [1.82, 2.24) is 10.2 Å². The van der Waals surface area contributed by atoms with Crippen LogP contribution in [0.5, 0.6) is 0 Å². The SMILES string of the molecule is CCC(Sc1n[nH]c(=S)s1)C(=O)O. The number of aromatic amines is 1. The third-order valence-electron chi connectivity index (χ3n) is 1.31. The van der Waals surface area contributed by atoms with Gasteiger partial charge in [0.15, 0.2) is 8.29 Å². The molecule has 1 heterocycles. The lowest BCUT2D eigenvalue weighted by Gasteiger charge is -2.04. The monoisotopic (exact) mass is 236 g/mol. The van der Waals surface area contributed by atoms with Crippen molar-refractivity contribution < 1.29 is 9.90 Å². The summed E-state index contributed by atoms with van der Waals surface area (Å²) in [5.41, 5.74) is 0. The molecule has 0 bridgehead atoms. The highest BCUT2D eigenvalue weighted by Crippen LogP contribution is 2.26. The van der Waals surface area contributed by atoms with E-state index in [0.717, 1.165) is 0 Å². The Kier molecular flexibility index (Phi) is 3.89. The van der Waals surface area contributed by atoms with Gasteiger partial charge < -0.3 is 5.11 Å². The van der Waals surface area contributed by atoms with Gasteiger partial charge >= 0.3 is 5.97 Å². The van der Waals surface area contributed by atoms with Gasteiger partial charge in [0.25, 0.3) is 0 Å². The van der Waals surface area contributed by atoms with Crippen molar-refractivity contribution in [3.05, 3.63) is 3.95 Å². The maximum atomic E-state index is 10.7. The van der Waals surface area contributed by atoms with Gasteiger partial charge in [0.05, 0.1) is 0 Å². The number of aromatic nitrogens is 2. The van der Waals surface area contributed by atoms with Crippen LogP contribution in [-0.4, -0.2) is 26.5 Å². The van der Waals surface area contributed by atoms with Crippen LogP contribution in [0.15, 0.2) is 4.34 Å². The fraction of sp³-hybridized carbons (Fsp3) is 0.500. The van der Waals surface area contributed by atoms with E-state index in [1.807, 2.05) is 6.92 Å². The average Bonchev–Trinajstić information content (AvgIpc) is 2.46. The van der Waals surface area contributed by atoms with E-state index in [-0.39, 0.29) is 0 Å². The van der Waals surface area contributed by atoms with Gasteiger partial charge in [-0.05, 0) is 18.6 Å². The van der Waals surface area contributed by atoms with Crippen molar-refractivity contribution >= 4 is 41.3 Å². The summed E-state index contributed by atoms with van der Waals surface area (Å²) < 4.78 is 1.25. The third kappa shape index (κ3) is 3.09. The van der Waals surface area contributed by atoms with Crippen molar-refractivity contribution in [3.63, 3.8) is 0 Å². The average molecular weight is 236 g/mol. The van der Waals surface area contributed by atoms with Crippen LogP contribution in [-0.2, 0) is 4.79 Å². The number of aliphatic carboxylic acids is 1. The first kappa shape index (κ1) is 10.7. The Hall–Kier alpha value is -0.400. The smallest absolute Gasteiger partial charge is 0.317 e. The first-order valence-electron chi connectivity index (χ1n) is 3.58. The van der Waals surface area contributed by atoms with Crippen molar-refractivity contribution in [3.8, 4) is 0 Å². The molecule has 2 N–H and O–H groups in total. The largest absolute Gasteiger partial charge is 0.480 e. The lowest BCUT2D eigenvalue weighted by molar-refractivity contribution is -0.136. The Bertz CT molecular complexity index is 346. The molecular weight excluding hydrogens is 228 g/mol. The molecular formula is C6H8N2O2S3. The summed E-state index contributed by atoms with van der Waals surface area (Å²) in [5, 5.41) is 14.8. The molecule has 1 aromatic rings. The quantitative estimate of drug-likeness (QED) is 0.619. The highest BCUT2D eigenvalue weighted by atomic mass is 32.2. The Balaban J connectivity index is 2.67. The number of carbonyl (C=O) groups is 1. The van der Waals surface area contributed by atoms with Gasteiger partial charge in [0.2, 0.25) is 0 Å². The number of carboxylic acid groups (broad SMARTS) is 1. The summed E-state index contributed by atoms with van der Waals surface area (Å²) in [6.07, 6.45) is 0.576. The number of rotatable bonds is 4. The number of hydrogen-bond donors (Lipinski definition) is 2. The second-order valence-corrected chi connectivity index (χ2v) is 5.35. The minimum Gasteiger partial charge on any atom is -0.480 e. The standard InChI is InChI=1S/C6H8N2O2S3/c1-2-3(4(9)10)12-6-8-7-5(11)13-6/h3H,2H2,1H3,(H,7,11)(H,9,10). The molecule has 0 aliphatic heterocycles. The molecule has 0 spiro atoms. The van der Waals surface area contributed by atoms with Gasteiger partial charge in [0, 0.05) is 0 Å². The van der Waals surface area contributed by atoms with Gasteiger partial charge in [-0.3, -0.25) is 9.89 Å². The van der Waals surface area contributed by atoms with E-state index in [2.05, 4.69) is 10.2 Å². The van der Waals surface area contributed by atoms with Gasteiger partial charge in [-0.15, -0.1) is 0 Å². The molecule has 13 heavy (non-hydrogen) atoms. The summed E-state index contributed by atoms with van der Waals surface area (Å²) in [4.78, 5) is 10.7. The fourth-order valence-corrected chi connectivity index (χ4v) is 2.88. The van der Waals surface area contributed by atoms with Gasteiger partial charge in [-0.1, -0.05) is 30.0 Å². The molecule has 0 radical (unpaired) electrons. The molecule has 1 unspecified atom stereocenters. The van der Waals surface area contributed by atoms with E-state index in [1.54, 1.807) is 0 Å². The second kappa shape index (κ2) is 4.73. The fourth-order valence-electron chi connectivity index (χ4n) is 0.697. The van der Waals surface area contributed by atoms with Crippen LogP contribution in [0, 0.1) is 3.95 Å². The first-order chi connectivity index (χ1) is 6.13. The molecule has 1 rings (SSSR count). The minimum absolute atomic E-state index is 0.436. The maximum Gasteiger partial charge on any atom is 0.317 e. The van der Waals surface area contributed by atoms with Crippen LogP contribution < -0.4 is 0 Å². The second-order valence-electron chi connectivity index (χ2n) is 2.23. The number of carboxylic acids is 1.